The lowest BCUT2D eigenvalue weighted by Crippen LogP contribution is -2.56. The predicted molar refractivity (Wildman–Crippen MR) is 110 cm³/mol. The lowest BCUT2D eigenvalue weighted by molar-refractivity contribution is -0.182. The van der Waals surface area contributed by atoms with E-state index in [0.29, 0.717) is 44.3 Å². The van der Waals surface area contributed by atoms with Crippen LogP contribution in [0.2, 0.25) is 0 Å². The third kappa shape index (κ3) is 3.96. The normalized spacial score (nSPS) is 21.3. The number of alkyl halides is 3. The van der Waals surface area contributed by atoms with Crippen LogP contribution >= 0.6 is 0 Å². The van der Waals surface area contributed by atoms with Gasteiger partial charge >= 0.3 is 6.18 Å². The molecule has 1 aromatic carbocycles. The van der Waals surface area contributed by atoms with Gasteiger partial charge in [0, 0.05) is 25.7 Å². The molecule has 1 atom stereocenters. The first-order chi connectivity index (χ1) is 14.7. The summed E-state index contributed by atoms with van der Waals surface area (Å²) in [5.74, 6) is 1.13. The molecule has 7 nitrogen and oxygen atoms in total. The van der Waals surface area contributed by atoms with Crippen LogP contribution in [0, 0.1) is 0 Å². The van der Waals surface area contributed by atoms with Crippen LogP contribution in [0.15, 0.2) is 35.1 Å². The fraction of sp³-hybridized carbons (Fsp3) is 0.524. The van der Waals surface area contributed by atoms with E-state index >= 15 is 0 Å². The third-order valence-electron chi connectivity index (χ3n) is 6.01. The molecule has 31 heavy (non-hydrogen) atoms. The van der Waals surface area contributed by atoms with E-state index in [1.165, 1.54) is 11.0 Å². The molecule has 2 aliphatic heterocycles. The molecular formula is C21H25F3N4O3. The number of ether oxygens (including phenoxy) is 2. The summed E-state index contributed by atoms with van der Waals surface area (Å²) in [7, 11) is 1.56. The second-order valence-corrected chi connectivity index (χ2v) is 7.96. The Morgan fingerprint density at radius 3 is 2.48 bits per heavy atom. The zero-order chi connectivity index (χ0) is 22.2. The molecule has 10 heteroatoms. The number of hydrogen-bond acceptors (Lipinski definition) is 6. The Labute approximate surface area is 178 Å². The van der Waals surface area contributed by atoms with Gasteiger partial charge in [-0.2, -0.15) is 18.2 Å². The largest absolute Gasteiger partial charge is 0.497 e. The van der Waals surface area contributed by atoms with E-state index < -0.39 is 23.8 Å². The van der Waals surface area contributed by atoms with Gasteiger partial charge in [0.15, 0.2) is 5.54 Å². The molecule has 1 aromatic heterocycles. The van der Waals surface area contributed by atoms with Crippen molar-refractivity contribution in [2.24, 2.45) is 0 Å². The second kappa shape index (κ2) is 8.07. The van der Waals surface area contributed by atoms with Crippen LogP contribution < -0.4 is 20.1 Å². The van der Waals surface area contributed by atoms with Crippen molar-refractivity contribution < 1.29 is 22.6 Å². The van der Waals surface area contributed by atoms with Crippen LogP contribution in [-0.4, -0.2) is 61.2 Å². The van der Waals surface area contributed by atoms with Crippen molar-refractivity contribution >= 4 is 11.8 Å². The zero-order valence-corrected chi connectivity index (χ0v) is 17.5. The van der Waals surface area contributed by atoms with Crippen LogP contribution in [0.3, 0.4) is 0 Å². The number of hydrogen-bond donors (Lipinski definition) is 0. The summed E-state index contributed by atoms with van der Waals surface area (Å²) in [6.07, 6.45) is -4.17. The summed E-state index contributed by atoms with van der Waals surface area (Å²) in [5, 5.41) is 0. The van der Waals surface area contributed by atoms with Crippen LogP contribution in [0.25, 0.3) is 0 Å². The molecular weight excluding hydrogens is 413 g/mol. The van der Waals surface area contributed by atoms with Gasteiger partial charge in [0.25, 0.3) is 5.56 Å². The maximum atomic E-state index is 14.1. The highest BCUT2D eigenvalue weighted by Crippen LogP contribution is 2.43. The lowest BCUT2D eigenvalue weighted by atomic mass is 10.00. The Morgan fingerprint density at radius 1 is 1.19 bits per heavy atom. The molecule has 3 heterocycles. The van der Waals surface area contributed by atoms with Crippen molar-refractivity contribution in [1.82, 2.24) is 9.55 Å². The van der Waals surface area contributed by atoms with Crippen LogP contribution in [-0.2, 0) is 17.7 Å². The molecule has 2 aromatic rings. The minimum Gasteiger partial charge on any atom is -0.497 e. The molecule has 0 spiro atoms. The number of aromatic nitrogens is 2. The van der Waals surface area contributed by atoms with Crippen molar-refractivity contribution in [3.63, 3.8) is 0 Å². The van der Waals surface area contributed by atoms with Gasteiger partial charge in [0.05, 0.1) is 26.9 Å². The van der Waals surface area contributed by atoms with Gasteiger partial charge in [-0.15, -0.1) is 0 Å². The number of rotatable bonds is 5. The van der Waals surface area contributed by atoms with E-state index in [2.05, 4.69) is 4.98 Å². The van der Waals surface area contributed by atoms with Crippen molar-refractivity contribution in [3.8, 4) is 5.75 Å². The Kier molecular flexibility index (Phi) is 5.59. The highest BCUT2D eigenvalue weighted by molar-refractivity contribution is 5.50. The molecule has 168 valence electrons. The Morgan fingerprint density at radius 2 is 1.87 bits per heavy atom. The molecule has 1 saturated heterocycles. The SMILES string of the molecule is COc1ccc(CCN2c3nc(N4CCOCC4)cc(=O)n3C[C@@]2(C)C(F)(F)F)cc1. The summed E-state index contributed by atoms with van der Waals surface area (Å²) in [6, 6.07) is 8.51. The van der Waals surface area contributed by atoms with Crippen molar-refractivity contribution in [2.45, 2.75) is 31.6 Å². The van der Waals surface area contributed by atoms with Crippen molar-refractivity contribution in [3.05, 3.63) is 46.2 Å². The average molecular weight is 438 g/mol. The van der Waals surface area contributed by atoms with E-state index in [0.717, 1.165) is 17.1 Å². The minimum atomic E-state index is -4.54. The first-order valence-electron chi connectivity index (χ1n) is 10.1. The number of nitrogens with zero attached hydrogens (tertiary/aromatic N) is 4. The topological polar surface area (TPSA) is 59.8 Å². The molecule has 0 amide bonds. The van der Waals surface area contributed by atoms with Crippen molar-refractivity contribution in [1.29, 1.82) is 0 Å². The van der Waals surface area contributed by atoms with Crippen LogP contribution in [0.4, 0.5) is 24.9 Å². The Hall–Kier alpha value is -2.75. The van der Waals surface area contributed by atoms with Crippen LogP contribution in [0.5, 0.6) is 5.75 Å². The summed E-state index contributed by atoms with van der Waals surface area (Å²) in [5.41, 5.74) is -1.83. The second-order valence-electron chi connectivity index (χ2n) is 7.96. The van der Waals surface area contributed by atoms with E-state index in [4.69, 9.17) is 9.47 Å². The first-order valence-corrected chi connectivity index (χ1v) is 10.1. The Balaban J connectivity index is 1.68. The quantitative estimate of drug-likeness (QED) is 0.715. The zero-order valence-electron chi connectivity index (χ0n) is 17.5. The monoisotopic (exact) mass is 438 g/mol. The molecule has 1 fully saturated rings. The van der Waals surface area contributed by atoms with Gasteiger partial charge in [-0.3, -0.25) is 9.36 Å². The van der Waals surface area contributed by atoms with Gasteiger partial charge < -0.3 is 19.3 Å². The molecule has 0 unspecified atom stereocenters. The number of benzene rings is 1. The van der Waals surface area contributed by atoms with E-state index in [1.807, 2.05) is 17.0 Å². The number of morpholine rings is 1. The fourth-order valence-electron chi connectivity index (χ4n) is 4.03. The van der Waals surface area contributed by atoms with E-state index in [9.17, 15) is 18.0 Å². The molecule has 0 aliphatic carbocycles. The standard InChI is InChI=1S/C21H25F3N4O3/c1-20(21(22,23)24)14-27-18(29)13-17(26-9-11-31-12-10-26)25-19(27)28(20)8-7-15-3-5-16(30-2)6-4-15/h3-6,13H,7-12,14H2,1-2H3/t20-/m0/s1. The molecule has 0 N–H and O–H groups in total. The third-order valence-corrected chi connectivity index (χ3v) is 6.01. The highest BCUT2D eigenvalue weighted by Gasteiger charge is 2.59. The number of halogens is 3. The predicted octanol–water partition coefficient (Wildman–Crippen LogP) is 2.47. The molecule has 0 bridgehead atoms. The summed E-state index contributed by atoms with van der Waals surface area (Å²) in [4.78, 5) is 20.3. The average Bonchev–Trinajstić information content (AvgIpc) is 3.06. The molecule has 4 rings (SSSR count). The van der Waals surface area contributed by atoms with Gasteiger partial charge in [-0.05, 0) is 31.0 Å². The number of anilines is 2. The first kappa shape index (κ1) is 21.5. The van der Waals surface area contributed by atoms with E-state index in [1.54, 1.807) is 19.2 Å². The smallest absolute Gasteiger partial charge is 0.413 e. The number of fused-ring (bicyclic) bond motifs is 1. The molecule has 0 saturated carbocycles. The summed E-state index contributed by atoms with van der Waals surface area (Å²) < 4.78 is 54.0. The highest BCUT2D eigenvalue weighted by atomic mass is 19.4. The molecule has 2 aliphatic rings. The summed E-state index contributed by atoms with van der Waals surface area (Å²) >= 11 is 0. The van der Waals surface area contributed by atoms with E-state index in [-0.39, 0.29) is 12.5 Å². The van der Waals surface area contributed by atoms with Crippen molar-refractivity contribution in [2.75, 3.05) is 49.8 Å². The van der Waals surface area contributed by atoms with Crippen LogP contribution in [0.1, 0.15) is 12.5 Å². The van der Waals surface area contributed by atoms with Gasteiger partial charge in [0.1, 0.15) is 11.6 Å². The van der Waals surface area contributed by atoms with Gasteiger partial charge in [-0.25, -0.2) is 0 Å². The number of methoxy groups -OCH3 is 1. The molecule has 0 radical (unpaired) electrons. The lowest BCUT2D eigenvalue weighted by Gasteiger charge is -2.37. The summed E-state index contributed by atoms with van der Waals surface area (Å²) in [6.45, 7) is 2.77. The van der Waals surface area contributed by atoms with Gasteiger partial charge in [-0.1, -0.05) is 12.1 Å². The fourth-order valence-corrected chi connectivity index (χ4v) is 4.03. The minimum absolute atomic E-state index is 0.0577. The Bertz CT molecular complexity index is 987. The maximum absolute atomic E-state index is 14.1. The maximum Gasteiger partial charge on any atom is 0.413 e. The van der Waals surface area contributed by atoms with Gasteiger partial charge in [0.2, 0.25) is 5.95 Å².